The molecule has 1 saturated carbocycles. The summed E-state index contributed by atoms with van der Waals surface area (Å²) in [6, 6.07) is 14.6. The number of hydrogen-bond donors (Lipinski definition) is 0. The minimum absolute atomic E-state index is 0.371. The molecule has 0 amide bonds. The Balaban J connectivity index is 1.29. The average molecular weight is 591 g/mol. The van der Waals surface area contributed by atoms with Crippen molar-refractivity contribution in [2.24, 2.45) is 11.8 Å². The van der Waals surface area contributed by atoms with Crippen LogP contribution in [0.2, 0.25) is 0 Å². The smallest absolute Gasteiger partial charge is 0.343 e. The van der Waals surface area contributed by atoms with E-state index in [2.05, 4.69) is 13.5 Å². The Morgan fingerprint density at radius 2 is 1.19 bits per heavy atom. The van der Waals surface area contributed by atoms with Crippen LogP contribution in [-0.4, -0.2) is 19.2 Å². The van der Waals surface area contributed by atoms with Crippen molar-refractivity contribution in [3.63, 3.8) is 0 Å². The summed E-state index contributed by atoms with van der Waals surface area (Å²) >= 11 is 0. The van der Waals surface area contributed by atoms with Gasteiger partial charge in [-0.15, -0.1) is 6.58 Å². The van der Waals surface area contributed by atoms with Crippen LogP contribution in [0.5, 0.6) is 17.2 Å². The van der Waals surface area contributed by atoms with Crippen LogP contribution in [0.15, 0.2) is 61.2 Å². The van der Waals surface area contributed by atoms with E-state index in [1.54, 1.807) is 24.3 Å². The Morgan fingerprint density at radius 1 is 0.674 bits per heavy atom. The van der Waals surface area contributed by atoms with Gasteiger partial charge in [-0.2, -0.15) is 0 Å². The molecule has 1 aliphatic carbocycles. The molecule has 2 aromatic carbocycles. The third-order valence-electron chi connectivity index (χ3n) is 8.93. The molecule has 0 aromatic heterocycles. The molecule has 4 heteroatoms. The Kier molecular flexibility index (Phi) is 17.7. The molecule has 0 aliphatic heterocycles. The number of rotatable bonds is 23. The highest BCUT2D eigenvalue weighted by Gasteiger charge is 2.24. The predicted octanol–water partition coefficient (Wildman–Crippen LogP) is 11.5. The fourth-order valence-electron chi connectivity index (χ4n) is 6.34. The van der Waals surface area contributed by atoms with Gasteiger partial charge in [-0.25, -0.2) is 4.79 Å². The highest BCUT2D eigenvalue weighted by Crippen LogP contribution is 2.36. The molecule has 0 bridgehead atoms. The van der Waals surface area contributed by atoms with Crippen molar-refractivity contribution in [2.75, 3.05) is 13.2 Å². The standard InChI is InChI=1S/C39H58O4/c1-3-5-7-9-10-11-13-17-31-41-36-25-23-35(24-26-36)39(40)43-38-29-27-37(28-30-38)42-32-18-22-34-21-16-15-20-33(34)19-14-12-8-6-4-2/h3,23-30,33-34H,1,4-22,31-32H2,2H3. The molecule has 1 fully saturated rings. The van der Waals surface area contributed by atoms with Gasteiger partial charge in [0.25, 0.3) is 0 Å². The van der Waals surface area contributed by atoms with Crippen molar-refractivity contribution < 1.29 is 19.0 Å². The highest BCUT2D eigenvalue weighted by atomic mass is 16.5. The summed E-state index contributed by atoms with van der Waals surface area (Å²) in [6.45, 7) is 7.50. The van der Waals surface area contributed by atoms with Crippen LogP contribution >= 0.6 is 0 Å². The second kappa shape index (κ2) is 21.9. The van der Waals surface area contributed by atoms with E-state index in [1.165, 1.54) is 103 Å². The minimum Gasteiger partial charge on any atom is -0.494 e. The lowest BCUT2D eigenvalue weighted by Crippen LogP contribution is -2.20. The number of esters is 1. The zero-order valence-corrected chi connectivity index (χ0v) is 27.0. The Bertz CT molecular complexity index is 997. The number of unbranched alkanes of at least 4 members (excludes halogenated alkanes) is 10. The second-order valence-corrected chi connectivity index (χ2v) is 12.4. The summed E-state index contributed by atoms with van der Waals surface area (Å²) < 4.78 is 17.5. The van der Waals surface area contributed by atoms with Gasteiger partial charge in [0, 0.05) is 0 Å². The maximum Gasteiger partial charge on any atom is 0.343 e. The Morgan fingerprint density at radius 3 is 1.84 bits per heavy atom. The Labute approximate surface area is 262 Å². The molecule has 1 aliphatic rings. The van der Waals surface area contributed by atoms with Crippen LogP contribution in [0.1, 0.15) is 139 Å². The molecule has 2 unspecified atom stereocenters. The van der Waals surface area contributed by atoms with E-state index in [0.29, 0.717) is 17.9 Å². The van der Waals surface area contributed by atoms with Crippen molar-refractivity contribution >= 4 is 5.97 Å². The van der Waals surface area contributed by atoms with E-state index in [-0.39, 0.29) is 5.97 Å². The van der Waals surface area contributed by atoms with E-state index in [9.17, 15) is 4.79 Å². The first-order valence-corrected chi connectivity index (χ1v) is 17.5. The van der Waals surface area contributed by atoms with E-state index in [0.717, 1.165) is 49.2 Å². The molecule has 4 nitrogen and oxygen atoms in total. The maximum absolute atomic E-state index is 12.6. The summed E-state index contributed by atoms with van der Waals surface area (Å²) in [5, 5.41) is 0. The van der Waals surface area contributed by atoms with Crippen molar-refractivity contribution in [2.45, 2.75) is 129 Å². The van der Waals surface area contributed by atoms with E-state index in [4.69, 9.17) is 14.2 Å². The van der Waals surface area contributed by atoms with Gasteiger partial charge in [0.1, 0.15) is 17.2 Å². The summed E-state index contributed by atoms with van der Waals surface area (Å²) in [5.41, 5.74) is 0.508. The summed E-state index contributed by atoms with van der Waals surface area (Å²) in [4.78, 5) is 12.6. The fourth-order valence-corrected chi connectivity index (χ4v) is 6.34. The summed E-state index contributed by atoms with van der Waals surface area (Å²) in [7, 11) is 0. The monoisotopic (exact) mass is 590 g/mol. The third-order valence-corrected chi connectivity index (χ3v) is 8.93. The lowest BCUT2D eigenvalue weighted by Gasteiger charge is -2.31. The number of benzene rings is 2. The van der Waals surface area contributed by atoms with Crippen LogP contribution in [0.25, 0.3) is 0 Å². The molecule has 0 radical (unpaired) electrons. The number of hydrogen-bond acceptors (Lipinski definition) is 4. The van der Waals surface area contributed by atoms with Crippen molar-refractivity contribution in [1.82, 2.24) is 0 Å². The predicted molar refractivity (Wildman–Crippen MR) is 179 cm³/mol. The van der Waals surface area contributed by atoms with Gasteiger partial charge in [-0.3, -0.25) is 0 Å². The van der Waals surface area contributed by atoms with Gasteiger partial charge in [-0.1, -0.05) is 103 Å². The zero-order valence-electron chi connectivity index (χ0n) is 27.0. The summed E-state index contributed by atoms with van der Waals surface area (Å²) in [6.07, 6.45) is 26.8. The molecule has 0 saturated heterocycles. The largest absolute Gasteiger partial charge is 0.494 e. The molecule has 3 rings (SSSR count). The molecular weight excluding hydrogens is 532 g/mol. The van der Waals surface area contributed by atoms with Gasteiger partial charge >= 0.3 is 5.97 Å². The quantitative estimate of drug-likeness (QED) is 0.0559. The van der Waals surface area contributed by atoms with Crippen LogP contribution in [0.3, 0.4) is 0 Å². The zero-order chi connectivity index (χ0) is 30.4. The van der Waals surface area contributed by atoms with Gasteiger partial charge in [-0.05, 0) is 92.5 Å². The maximum atomic E-state index is 12.6. The van der Waals surface area contributed by atoms with Crippen LogP contribution in [-0.2, 0) is 0 Å². The molecule has 0 N–H and O–H groups in total. The Hall–Kier alpha value is -2.75. The first kappa shape index (κ1) is 34.7. The van der Waals surface area contributed by atoms with Crippen LogP contribution in [0, 0.1) is 11.8 Å². The first-order valence-electron chi connectivity index (χ1n) is 17.5. The molecule has 2 aromatic rings. The number of carbonyl (C=O) groups excluding carboxylic acids is 1. The molecule has 238 valence electrons. The van der Waals surface area contributed by atoms with Gasteiger partial charge < -0.3 is 14.2 Å². The van der Waals surface area contributed by atoms with E-state index < -0.39 is 0 Å². The minimum atomic E-state index is -0.371. The lowest BCUT2D eigenvalue weighted by atomic mass is 9.74. The average Bonchev–Trinajstić information content (AvgIpc) is 3.04. The number of ether oxygens (including phenoxy) is 3. The lowest BCUT2D eigenvalue weighted by molar-refractivity contribution is 0.0734. The number of carbonyl (C=O) groups is 1. The third kappa shape index (κ3) is 14.5. The van der Waals surface area contributed by atoms with E-state index >= 15 is 0 Å². The van der Waals surface area contributed by atoms with Crippen molar-refractivity contribution in [3.8, 4) is 17.2 Å². The van der Waals surface area contributed by atoms with Gasteiger partial charge in [0.2, 0.25) is 0 Å². The normalized spacial score (nSPS) is 16.5. The van der Waals surface area contributed by atoms with Crippen molar-refractivity contribution in [3.05, 3.63) is 66.7 Å². The highest BCUT2D eigenvalue weighted by molar-refractivity contribution is 5.91. The van der Waals surface area contributed by atoms with Crippen molar-refractivity contribution in [1.29, 1.82) is 0 Å². The topological polar surface area (TPSA) is 44.8 Å². The van der Waals surface area contributed by atoms with E-state index in [1.807, 2.05) is 30.3 Å². The molecular formula is C39H58O4. The molecule has 0 spiro atoms. The fraction of sp³-hybridized carbons (Fsp3) is 0.615. The second-order valence-electron chi connectivity index (χ2n) is 12.4. The van der Waals surface area contributed by atoms with Crippen LogP contribution in [0.4, 0.5) is 0 Å². The molecule has 2 atom stereocenters. The summed E-state index contributed by atoms with van der Waals surface area (Å²) in [5.74, 6) is 3.55. The van der Waals surface area contributed by atoms with Gasteiger partial charge in [0.05, 0.1) is 18.8 Å². The first-order chi connectivity index (χ1) is 21.2. The molecule has 43 heavy (non-hydrogen) atoms. The molecule has 0 heterocycles. The van der Waals surface area contributed by atoms with Gasteiger partial charge in [0.15, 0.2) is 0 Å². The van der Waals surface area contributed by atoms with Crippen LogP contribution < -0.4 is 14.2 Å². The number of allylic oxidation sites excluding steroid dienone is 1. The SMILES string of the molecule is C=CCCCCCCCCOc1ccc(C(=O)Oc2ccc(OCCCC3CCCCC3CCCCCCC)cc2)cc1.